The topological polar surface area (TPSA) is 59.1 Å². The van der Waals surface area contributed by atoms with Crippen LogP contribution in [0, 0.1) is 5.92 Å². The van der Waals surface area contributed by atoms with Crippen molar-refractivity contribution in [1.29, 1.82) is 0 Å². The monoisotopic (exact) mass is 264 g/mol. The molecule has 0 amide bonds. The Morgan fingerprint density at radius 2 is 2.21 bits per heavy atom. The van der Waals surface area contributed by atoms with Crippen LogP contribution in [0.3, 0.4) is 0 Å². The van der Waals surface area contributed by atoms with E-state index in [0.717, 1.165) is 44.2 Å². The minimum Gasteiger partial charge on any atom is -0.381 e. The maximum Gasteiger partial charge on any atom is 0.134 e. The standard InChI is InChI=1S/C14H24N4O/c1-3-5-12-13(15-2)17-10-18-14(12)16-8-11-6-4-7-19-9-11/h10-11H,3-9H2,1-2H3,(H2,15,16,17,18). The molecule has 5 nitrogen and oxygen atoms in total. The van der Waals surface area contributed by atoms with Gasteiger partial charge in [0.2, 0.25) is 0 Å². The van der Waals surface area contributed by atoms with Crippen molar-refractivity contribution >= 4 is 11.6 Å². The molecule has 2 N–H and O–H groups in total. The Morgan fingerprint density at radius 3 is 2.89 bits per heavy atom. The van der Waals surface area contributed by atoms with Crippen molar-refractivity contribution in [2.45, 2.75) is 32.6 Å². The Hall–Kier alpha value is -1.36. The van der Waals surface area contributed by atoms with Gasteiger partial charge in [0, 0.05) is 25.8 Å². The molecule has 0 spiro atoms. The Morgan fingerprint density at radius 1 is 1.37 bits per heavy atom. The van der Waals surface area contributed by atoms with Crippen LogP contribution < -0.4 is 10.6 Å². The molecular formula is C14H24N4O. The number of nitrogens with one attached hydrogen (secondary N) is 2. The summed E-state index contributed by atoms with van der Waals surface area (Å²) >= 11 is 0. The average Bonchev–Trinajstić information content (AvgIpc) is 2.47. The van der Waals surface area contributed by atoms with Gasteiger partial charge in [0.25, 0.3) is 0 Å². The lowest BCUT2D eigenvalue weighted by Gasteiger charge is -2.23. The van der Waals surface area contributed by atoms with Crippen molar-refractivity contribution in [2.24, 2.45) is 5.92 Å². The summed E-state index contributed by atoms with van der Waals surface area (Å²) in [7, 11) is 1.90. The van der Waals surface area contributed by atoms with Gasteiger partial charge in [-0.3, -0.25) is 0 Å². The highest BCUT2D eigenvalue weighted by Crippen LogP contribution is 2.22. The number of ether oxygens (including phenoxy) is 1. The number of hydrogen-bond donors (Lipinski definition) is 2. The molecule has 5 heteroatoms. The number of nitrogens with zero attached hydrogens (tertiary/aromatic N) is 2. The Bertz CT molecular complexity index is 391. The second-order valence-corrected chi connectivity index (χ2v) is 5.01. The SMILES string of the molecule is CCCc1c(NC)ncnc1NCC1CCCOC1. The molecule has 1 unspecified atom stereocenters. The zero-order chi connectivity index (χ0) is 13.5. The summed E-state index contributed by atoms with van der Waals surface area (Å²) in [5, 5.41) is 6.61. The van der Waals surface area contributed by atoms with Crippen LogP contribution in [0.25, 0.3) is 0 Å². The minimum absolute atomic E-state index is 0.594. The molecule has 1 atom stereocenters. The Labute approximate surface area is 115 Å². The third kappa shape index (κ3) is 3.80. The second-order valence-electron chi connectivity index (χ2n) is 5.01. The molecule has 19 heavy (non-hydrogen) atoms. The van der Waals surface area contributed by atoms with E-state index in [2.05, 4.69) is 27.5 Å². The van der Waals surface area contributed by atoms with Crippen LogP contribution in [0.5, 0.6) is 0 Å². The summed E-state index contributed by atoms with van der Waals surface area (Å²) in [6, 6.07) is 0. The van der Waals surface area contributed by atoms with E-state index < -0.39 is 0 Å². The lowest BCUT2D eigenvalue weighted by atomic mass is 10.0. The van der Waals surface area contributed by atoms with Gasteiger partial charge in [-0.1, -0.05) is 13.3 Å². The van der Waals surface area contributed by atoms with E-state index in [4.69, 9.17) is 4.74 Å². The summed E-state index contributed by atoms with van der Waals surface area (Å²) < 4.78 is 5.51. The van der Waals surface area contributed by atoms with Crippen molar-refractivity contribution in [3.05, 3.63) is 11.9 Å². The van der Waals surface area contributed by atoms with Crippen LogP contribution in [-0.2, 0) is 11.2 Å². The normalized spacial score (nSPS) is 19.2. The second kappa shape index (κ2) is 7.28. The number of hydrogen-bond acceptors (Lipinski definition) is 5. The molecule has 2 heterocycles. The first-order chi connectivity index (χ1) is 9.35. The molecule has 1 aliphatic rings. The van der Waals surface area contributed by atoms with Gasteiger partial charge in [0.1, 0.15) is 18.0 Å². The van der Waals surface area contributed by atoms with E-state index in [1.54, 1.807) is 6.33 Å². The van der Waals surface area contributed by atoms with Crippen molar-refractivity contribution in [3.63, 3.8) is 0 Å². The summed E-state index contributed by atoms with van der Waals surface area (Å²) in [6.45, 7) is 4.87. The van der Waals surface area contributed by atoms with Gasteiger partial charge in [-0.15, -0.1) is 0 Å². The van der Waals surface area contributed by atoms with Gasteiger partial charge >= 0.3 is 0 Å². The van der Waals surface area contributed by atoms with E-state index >= 15 is 0 Å². The number of aromatic nitrogens is 2. The van der Waals surface area contributed by atoms with Gasteiger partial charge < -0.3 is 15.4 Å². The third-order valence-corrected chi connectivity index (χ3v) is 3.49. The first kappa shape index (κ1) is 14.1. The van der Waals surface area contributed by atoms with Gasteiger partial charge in [0.05, 0.1) is 6.61 Å². The van der Waals surface area contributed by atoms with E-state index in [1.165, 1.54) is 18.4 Å². The van der Waals surface area contributed by atoms with E-state index in [1.807, 2.05) is 7.05 Å². The van der Waals surface area contributed by atoms with E-state index in [0.29, 0.717) is 5.92 Å². The maximum absolute atomic E-state index is 5.51. The average molecular weight is 264 g/mol. The highest BCUT2D eigenvalue weighted by molar-refractivity contribution is 5.57. The molecule has 0 radical (unpaired) electrons. The summed E-state index contributed by atoms with van der Waals surface area (Å²) in [4.78, 5) is 8.67. The Balaban J connectivity index is 2.01. The summed E-state index contributed by atoms with van der Waals surface area (Å²) in [6.07, 6.45) is 6.09. The van der Waals surface area contributed by atoms with Crippen molar-refractivity contribution < 1.29 is 4.74 Å². The fraction of sp³-hybridized carbons (Fsp3) is 0.714. The fourth-order valence-corrected chi connectivity index (χ4v) is 2.48. The molecular weight excluding hydrogens is 240 g/mol. The highest BCUT2D eigenvalue weighted by Gasteiger charge is 2.15. The van der Waals surface area contributed by atoms with Crippen LogP contribution >= 0.6 is 0 Å². The maximum atomic E-state index is 5.51. The molecule has 0 aromatic carbocycles. The van der Waals surface area contributed by atoms with Gasteiger partial charge in [-0.05, 0) is 25.2 Å². The van der Waals surface area contributed by atoms with Gasteiger partial charge in [-0.25, -0.2) is 9.97 Å². The summed E-state index contributed by atoms with van der Waals surface area (Å²) in [5.41, 5.74) is 1.18. The first-order valence-corrected chi connectivity index (χ1v) is 7.18. The molecule has 1 aromatic heterocycles. The smallest absolute Gasteiger partial charge is 0.134 e. The zero-order valence-electron chi connectivity index (χ0n) is 11.9. The van der Waals surface area contributed by atoms with Gasteiger partial charge in [0.15, 0.2) is 0 Å². The highest BCUT2D eigenvalue weighted by atomic mass is 16.5. The molecule has 106 valence electrons. The molecule has 1 aliphatic heterocycles. The predicted molar refractivity (Wildman–Crippen MR) is 77.6 cm³/mol. The van der Waals surface area contributed by atoms with Gasteiger partial charge in [-0.2, -0.15) is 0 Å². The van der Waals surface area contributed by atoms with Crippen LogP contribution in [0.2, 0.25) is 0 Å². The summed E-state index contributed by atoms with van der Waals surface area (Å²) in [5.74, 6) is 2.49. The van der Waals surface area contributed by atoms with Crippen molar-refractivity contribution in [3.8, 4) is 0 Å². The number of rotatable bonds is 6. The third-order valence-electron chi connectivity index (χ3n) is 3.49. The molecule has 1 saturated heterocycles. The van der Waals surface area contributed by atoms with Crippen LogP contribution in [-0.4, -0.2) is 36.8 Å². The molecule has 1 aromatic rings. The zero-order valence-corrected chi connectivity index (χ0v) is 11.9. The lowest BCUT2D eigenvalue weighted by molar-refractivity contribution is 0.0594. The predicted octanol–water partition coefficient (Wildman–Crippen LogP) is 2.31. The molecule has 1 fully saturated rings. The largest absolute Gasteiger partial charge is 0.381 e. The van der Waals surface area contributed by atoms with Crippen LogP contribution in [0.15, 0.2) is 6.33 Å². The molecule has 0 bridgehead atoms. The van der Waals surface area contributed by atoms with E-state index in [9.17, 15) is 0 Å². The minimum atomic E-state index is 0.594. The molecule has 0 saturated carbocycles. The molecule has 2 rings (SSSR count). The van der Waals surface area contributed by atoms with Crippen molar-refractivity contribution in [1.82, 2.24) is 9.97 Å². The lowest BCUT2D eigenvalue weighted by Crippen LogP contribution is -2.25. The number of anilines is 2. The van der Waals surface area contributed by atoms with Crippen LogP contribution in [0.4, 0.5) is 11.6 Å². The van der Waals surface area contributed by atoms with E-state index in [-0.39, 0.29) is 0 Å². The van der Waals surface area contributed by atoms with Crippen LogP contribution in [0.1, 0.15) is 31.7 Å². The first-order valence-electron chi connectivity index (χ1n) is 7.18. The Kier molecular flexibility index (Phi) is 5.39. The fourth-order valence-electron chi connectivity index (χ4n) is 2.48. The quantitative estimate of drug-likeness (QED) is 0.825. The van der Waals surface area contributed by atoms with Crippen molar-refractivity contribution in [2.75, 3.05) is 37.4 Å². The molecule has 0 aliphatic carbocycles.